The number of aryl methyl sites for hydroxylation is 1. The molecule has 1 fully saturated rings. The van der Waals surface area contributed by atoms with Gasteiger partial charge in [-0.1, -0.05) is 18.2 Å². The van der Waals surface area contributed by atoms with Gasteiger partial charge in [0.25, 0.3) is 0 Å². The predicted octanol–water partition coefficient (Wildman–Crippen LogP) is 4.05. The fourth-order valence-electron chi connectivity index (χ4n) is 3.17. The van der Waals surface area contributed by atoms with Crippen molar-refractivity contribution in [3.8, 4) is 5.75 Å². The summed E-state index contributed by atoms with van der Waals surface area (Å²) in [6, 6.07) is 7.60. The highest BCUT2D eigenvalue weighted by Gasteiger charge is 2.38. The first kappa shape index (κ1) is 21.0. The molecule has 0 saturated carbocycles. The van der Waals surface area contributed by atoms with Crippen LogP contribution in [0, 0.1) is 6.92 Å². The number of hydrogen-bond acceptors (Lipinski definition) is 5. The fraction of sp³-hybridized carbons (Fsp3) is 0.471. The van der Waals surface area contributed by atoms with Gasteiger partial charge >= 0.3 is 6.18 Å². The Morgan fingerprint density at radius 3 is 2.77 bits per heavy atom. The van der Waals surface area contributed by atoms with Gasteiger partial charge in [-0.05, 0) is 13.0 Å². The fourth-order valence-corrected chi connectivity index (χ4v) is 4.15. The number of hydrogen-bond donors (Lipinski definition) is 1. The van der Waals surface area contributed by atoms with Crippen LogP contribution in [0.5, 0.6) is 5.75 Å². The summed E-state index contributed by atoms with van der Waals surface area (Å²) in [6.07, 6.45) is -4.42. The molecule has 4 nitrogen and oxygen atoms in total. The number of piperazine rings is 1. The van der Waals surface area contributed by atoms with Crippen LogP contribution in [0.2, 0.25) is 0 Å². The highest BCUT2D eigenvalue weighted by molar-refractivity contribution is 7.11. The number of thiazole rings is 1. The van der Waals surface area contributed by atoms with Crippen molar-refractivity contribution < 1.29 is 17.9 Å². The zero-order valence-corrected chi connectivity index (χ0v) is 16.1. The third-order valence-corrected chi connectivity index (χ3v) is 5.23. The number of alkyl halides is 3. The Hall–Kier alpha value is -1.35. The number of ether oxygens (including phenoxy) is 1. The van der Waals surface area contributed by atoms with E-state index in [-0.39, 0.29) is 29.9 Å². The molecule has 0 radical (unpaired) electrons. The lowest BCUT2D eigenvalue weighted by Crippen LogP contribution is -2.45. The van der Waals surface area contributed by atoms with Gasteiger partial charge in [0.1, 0.15) is 5.75 Å². The molecule has 2 aromatic rings. The van der Waals surface area contributed by atoms with Gasteiger partial charge in [-0.2, -0.15) is 13.2 Å². The highest BCUT2D eigenvalue weighted by atomic mass is 35.5. The first-order chi connectivity index (χ1) is 11.9. The molecule has 1 aliphatic heterocycles. The molecular weight excluding hydrogens is 387 g/mol. The van der Waals surface area contributed by atoms with Crippen molar-refractivity contribution >= 4 is 23.7 Å². The summed E-state index contributed by atoms with van der Waals surface area (Å²) in [5.74, 6) is 0.748. The molecule has 3 rings (SSSR count). The van der Waals surface area contributed by atoms with Crippen molar-refractivity contribution in [2.24, 2.45) is 0 Å². The minimum Gasteiger partial charge on any atom is -0.496 e. The van der Waals surface area contributed by atoms with Crippen LogP contribution >= 0.6 is 23.7 Å². The molecule has 1 atom stereocenters. The van der Waals surface area contributed by atoms with Crippen molar-refractivity contribution in [1.29, 1.82) is 0 Å². The van der Waals surface area contributed by atoms with Gasteiger partial charge in [-0.15, -0.1) is 23.7 Å². The third-order valence-electron chi connectivity index (χ3n) is 4.27. The largest absolute Gasteiger partial charge is 0.496 e. The van der Waals surface area contributed by atoms with Crippen LogP contribution in [0.25, 0.3) is 0 Å². The summed E-state index contributed by atoms with van der Waals surface area (Å²) in [6.45, 7) is 3.91. The first-order valence-electron chi connectivity index (χ1n) is 8.01. The van der Waals surface area contributed by atoms with E-state index in [0.717, 1.165) is 29.2 Å². The smallest absolute Gasteiger partial charge is 0.434 e. The summed E-state index contributed by atoms with van der Waals surface area (Å²) < 4.78 is 45.2. The molecule has 1 N–H and O–H groups in total. The van der Waals surface area contributed by atoms with Crippen molar-refractivity contribution in [2.75, 3.05) is 26.7 Å². The molecule has 1 unspecified atom stereocenters. The number of methoxy groups -OCH3 is 1. The second kappa shape index (κ2) is 8.56. The minimum atomic E-state index is -4.42. The van der Waals surface area contributed by atoms with Crippen LogP contribution in [0.3, 0.4) is 0 Å². The van der Waals surface area contributed by atoms with Crippen molar-refractivity contribution in [3.63, 3.8) is 0 Å². The van der Waals surface area contributed by atoms with Crippen LogP contribution in [0.15, 0.2) is 24.3 Å². The topological polar surface area (TPSA) is 37.4 Å². The maximum Gasteiger partial charge on any atom is 0.434 e. The molecule has 9 heteroatoms. The molecule has 1 aromatic heterocycles. The zero-order chi connectivity index (χ0) is 18.0. The summed E-state index contributed by atoms with van der Waals surface area (Å²) in [4.78, 5) is 6.04. The van der Waals surface area contributed by atoms with E-state index in [1.165, 1.54) is 0 Å². The Morgan fingerprint density at radius 2 is 2.08 bits per heavy atom. The molecule has 0 spiro atoms. The number of aromatic nitrogens is 1. The molecule has 26 heavy (non-hydrogen) atoms. The monoisotopic (exact) mass is 407 g/mol. The number of halogens is 4. The van der Waals surface area contributed by atoms with E-state index < -0.39 is 11.9 Å². The molecular formula is C17H21ClF3N3OS. The average molecular weight is 408 g/mol. The van der Waals surface area contributed by atoms with E-state index in [0.29, 0.717) is 18.1 Å². The Labute approximate surface area is 160 Å². The van der Waals surface area contributed by atoms with E-state index in [9.17, 15) is 13.2 Å². The Bertz CT molecular complexity index is 738. The quantitative estimate of drug-likeness (QED) is 0.829. The van der Waals surface area contributed by atoms with E-state index >= 15 is 0 Å². The SMILES string of the molecule is COc1ccccc1C1CNCCN1Cc1sc(C)nc1C(F)(F)F.Cl. The minimum absolute atomic E-state index is 0. The molecule has 1 aromatic carbocycles. The molecule has 1 aliphatic rings. The van der Waals surface area contributed by atoms with Crippen molar-refractivity contribution in [3.05, 3.63) is 45.4 Å². The molecule has 1 saturated heterocycles. The number of rotatable bonds is 4. The van der Waals surface area contributed by atoms with Crippen LogP contribution < -0.4 is 10.1 Å². The molecule has 144 valence electrons. The van der Waals surface area contributed by atoms with Gasteiger partial charge in [-0.3, -0.25) is 4.90 Å². The van der Waals surface area contributed by atoms with Gasteiger partial charge < -0.3 is 10.1 Å². The maximum absolute atomic E-state index is 13.2. The summed E-state index contributed by atoms with van der Waals surface area (Å²) >= 11 is 1.12. The van der Waals surface area contributed by atoms with Crippen LogP contribution in [-0.4, -0.2) is 36.6 Å². The van der Waals surface area contributed by atoms with Gasteiger partial charge in [0.05, 0.1) is 23.0 Å². The Kier molecular flexibility index (Phi) is 6.90. The summed E-state index contributed by atoms with van der Waals surface area (Å²) in [7, 11) is 1.60. The third kappa shape index (κ3) is 4.49. The predicted molar refractivity (Wildman–Crippen MR) is 98.1 cm³/mol. The van der Waals surface area contributed by atoms with Crippen molar-refractivity contribution in [2.45, 2.75) is 25.7 Å². The Balaban J connectivity index is 0.00000243. The van der Waals surface area contributed by atoms with E-state index in [1.807, 2.05) is 24.3 Å². The van der Waals surface area contributed by atoms with E-state index in [2.05, 4.69) is 15.2 Å². The maximum atomic E-state index is 13.2. The normalized spacial score (nSPS) is 18.4. The molecule has 0 bridgehead atoms. The lowest BCUT2D eigenvalue weighted by atomic mass is 10.0. The second-order valence-corrected chi connectivity index (χ2v) is 7.22. The lowest BCUT2D eigenvalue weighted by molar-refractivity contribution is -0.141. The highest BCUT2D eigenvalue weighted by Crippen LogP contribution is 2.37. The average Bonchev–Trinajstić information content (AvgIpc) is 2.96. The first-order valence-corrected chi connectivity index (χ1v) is 8.83. The Morgan fingerprint density at radius 1 is 1.35 bits per heavy atom. The zero-order valence-electron chi connectivity index (χ0n) is 14.5. The molecule has 0 aliphatic carbocycles. The number of para-hydroxylation sites is 1. The molecule has 0 amide bonds. The second-order valence-electron chi connectivity index (χ2n) is 5.93. The summed E-state index contributed by atoms with van der Waals surface area (Å²) in [5.41, 5.74) is 0.222. The van der Waals surface area contributed by atoms with Gasteiger partial charge in [-0.25, -0.2) is 4.98 Å². The van der Waals surface area contributed by atoms with E-state index in [1.54, 1.807) is 14.0 Å². The van der Waals surface area contributed by atoms with Crippen LogP contribution in [0.1, 0.15) is 27.2 Å². The lowest BCUT2D eigenvalue weighted by Gasteiger charge is -2.37. The van der Waals surface area contributed by atoms with Crippen LogP contribution in [-0.2, 0) is 12.7 Å². The number of nitrogens with one attached hydrogen (secondary N) is 1. The number of benzene rings is 1. The van der Waals surface area contributed by atoms with Gasteiger partial charge in [0, 0.05) is 31.7 Å². The standard InChI is InChI=1S/C17H20F3N3OS.ClH/c1-11-22-16(17(18,19)20)15(25-11)10-23-8-7-21-9-13(23)12-5-3-4-6-14(12)24-2;/h3-6,13,21H,7-10H2,1-2H3;1H. The number of nitrogens with zero attached hydrogens (tertiary/aromatic N) is 2. The van der Waals surface area contributed by atoms with Gasteiger partial charge in [0.15, 0.2) is 5.69 Å². The molecule has 2 heterocycles. The van der Waals surface area contributed by atoms with Gasteiger partial charge in [0.2, 0.25) is 0 Å². The van der Waals surface area contributed by atoms with Crippen molar-refractivity contribution in [1.82, 2.24) is 15.2 Å². The van der Waals surface area contributed by atoms with E-state index in [4.69, 9.17) is 4.74 Å². The van der Waals surface area contributed by atoms with Crippen LogP contribution in [0.4, 0.5) is 13.2 Å². The summed E-state index contributed by atoms with van der Waals surface area (Å²) in [5, 5.41) is 3.76.